The molecule has 0 saturated carbocycles. The molecule has 0 aliphatic rings. The number of aromatic carboxylic acids is 1. The summed E-state index contributed by atoms with van der Waals surface area (Å²) in [6, 6.07) is 19.0. The van der Waals surface area contributed by atoms with Crippen LogP contribution in [-0.2, 0) is 5.41 Å². The number of carboxylic acids is 1. The average Bonchev–Trinajstić information content (AvgIpc) is 3.24. The Balaban J connectivity index is 1.54. The largest absolute Gasteiger partial charge is 0.477 e. The van der Waals surface area contributed by atoms with Crippen molar-refractivity contribution in [2.45, 2.75) is 26.2 Å². The molecule has 6 heteroatoms. The van der Waals surface area contributed by atoms with Gasteiger partial charge in [0.25, 0.3) is 0 Å². The van der Waals surface area contributed by atoms with Gasteiger partial charge in [0.1, 0.15) is 5.69 Å². The molecule has 1 N–H and O–H groups in total. The van der Waals surface area contributed by atoms with Crippen LogP contribution in [0.2, 0.25) is 0 Å². The molecule has 2 aromatic carbocycles. The number of hydrogen-bond donors (Lipinski definition) is 1. The molecule has 2 heterocycles. The van der Waals surface area contributed by atoms with Crippen molar-refractivity contribution in [3.05, 3.63) is 78.1 Å². The average molecular weight is 399 g/mol. The molecule has 0 atom stereocenters. The molecular weight excluding hydrogens is 378 g/mol. The lowest BCUT2D eigenvalue weighted by Gasteiger charge is -2.18. The van der Waals surface area contributed by atoms with Crippen molar-refractivity contribution in [1.82, 2.24) is 15.2 Å². The molecule has 0 bridgehead atoms. The fraction of sp³-hybridized carbons (Fsp3) is 0.167. The van der Waals surface area contributed by atoms with Crippen LogP contribution in [0, 0.1) is 0 Å². The third kappa shape index (κ3) is 3.98. The summed E-state index contributed by atoms with van der Waals surface area (Å²) in [7, 11) is 0. The van der Waals surface area contributed by atoms with Crippen LogP contribution in [0.25, 0.3) is 34.0 Å². The predicted octanol–water partition coefficient (Wildman–Crippen LogP) is 5.46. The van der Waals surface area contributed by atoms with Crippen LogP contribution in [0.3, 0.4) is 0 Å². The maximum atomic E-state index is 10.9. The second kappa shape index (κ2) is 7.55. The Kier molecular flexibility index (Phi) is 4.91. The molecule has 0 radical (unpaired) electrons. The first-order valence-corrected chi connectivity index (χ1v) is 9.56. The van der Waals surface area contributed by atoms with E-state index in [-0.39, 0.29) is 11.1 Å². The molecule has 6 nitrogen and oxygen atoms in total. The highest BCUT2D eigenvalue weighted by atomic mass is 16.4. The van der Waals surface area contributed by atoms with Crippen molar-refractivity contribution < 1.29 is 14.3 Å². The number of hydrogen-bond acceptors (Lipinski definition) is 5. The fourth-order valence-corrected chi connectivity index (χ4v) is 3.07. The normalized spacial score (nSPS) is 11.4. The van der Waals surface area contributed by atoms with E-state index < -0.39 is 5.97 Å². The van der Waals surface area contributed by atoms with Gasteiger partial charge in [-0.3, -0.25) is 0 Å². The lowest BCUT2D eigenvalue weighted by atomic mass is 9.87. The zero-order chi connectivity index (χ0) is 21.3. The Morgan fingerprint density at radius 3 is 1.73 bits per heavy atom. The zero-order valence-corrected chi connectivity index (χ0v) is 17.0. The van der Waals surface area contributed by atoms with Crippen molar-refractivity contribution in [3.63, 3.8) is 0 Å². The summed E-state index contributed by atoms with van der Waals surface area (Å²) in [4.78, 5) is 14.9. The first-order valence-electron chi connectivity index (χ1n) is 9.56. The quantitative estimate of drug-likeness (QED) is 0.490. The van der Waals surface area contributed by atoms with Crippen LogP contribution < -0.4 is 0 Å². The van der Waals surface area contributed by atoms with E-state index in [2.05, 4.69) is 48.1 Å². The van der Waals surface area contributed by atoms with Crippen LogP contribution in [-0.4, -0.2) is 26.3 Å². The SMILES string of the molecule is CC(C)(C)c1ccc(-c2nnc(-c3ccc(-c4ccc(C(=O)O)nc4)cc3)o2)cc1. The van der Waals surface area contributed by atoms with Gasteiger partial charge < -0.3 is 9.52 Å². The summed E-state index contributed by atoms with van der Waals surface area (Å²) in [6.45, 7) is 6.52. The van der Waals surface area contributed by atoms with Gasteiger partial charge in [0, 0.05) is 22.9 Å². The lowest BCUT2D eigenvalue weighted by Crippen LogP contribution is -2.10. The van der Waals surface area contributed by atoms with E-state index >= 15 is 0 Å². The third-order valence-electron chi connectivity index (χ3n) is 4.87. The summed E-state index contributed by atoms with van der Waals surface area (Å²) in [5, 5.41) is 17.3. The standard InChI is InChI=1S/C24H21N3O3/c1-24(2,3)19-11-8-17(9-12-19)22-27-26-21(30-22)16-6-4-15(5-7-16)18-10-13-20(23(28)29)25-14-18/h4-14H,1-3H3,(H,28,29). The van der Waals surface area contributed by atoms with Gasteiger partial charge >= 0.3 is 5.97 Å². The Hall–Kier alpha value is -3.80. The number of nitrogens with zero attached hydrogens (tertiary/aromatic N) is 3. The molecule has 0 aliphatic heterocycles. The van der Waals surface area contributed by atoms with E-state index in [1.165, 1.54) is 11.6 Å². The molecule has 150 valence electrons. The molecular formula is C24H21N3O3. The molecule has 0 spiro atoms. The minimum atomic E-state index is -1.04. The van der Waals surface area contributed by atoms with Crippen molar-refractivity contribution in [1.29, 1.82) is 0 Å². The van der Waals surface area contributed by atoms with Gasteiger partial charge in [-0.05, 0) is 46.9 Å². The number of aromatic nitrogens is 3. The number of carboxylic acid groups (broad SMARTS) is 1. The fourth-order valence-electron chi connectivity index (χ4n) is 3.07. The molecule has 0 saturated heterocycles. The lowest BCUT2D eigenvalue weighted by molar-refractivity contribution is 0.0690. The molecule has 0 aliphatic carbocycles. The van der Waals surface area contributed by atoms with Crippen molar-refractivity contribution in [3.8, 4) is 34.0 Å². The van der Waals surface area contributed by atoms with Gasteiger partial charge in [0.15, 0.2) is 0 Å². The Morgan fingerprint density at radius 2 is 1.27 bits per heavy atom. The summed E-state index contributed by atoms with van der Waals surface area (Å²) in [6.07, 6.45) is 1.55. The summed E-state index contributed by atoms with van der Waals surface area (Å²) >= 11 is 0. The smallest absolute Gasteiger partial charge is 0.354 e. The zero-order valence-electron chi connectivity index (χ0n) is 17.0. The minimum Gasteiger partial charge on any atom is -0.477 e. The van der Waals surface area contributed by atoms with Gasteiger partial charge in [-0.25, -0.2) is 9.78 Å². The number of rotatable bonds is 4. The number of benzene rings is 2. The molecule has 0 unspecified atom stereocenters. The molecule has 30 heavy (non-hydrogen) atoms. The van der Waals surface area contributed by atoms with Gasteiger partial charge in [-0.1, -0.05) is 51.1 Å². The van der Waals surface area contributed by atoms with Crippen molar-refractivity contribution in [2.24, 2.45) is 0 Å². The summed E-state index contributed by atoms with van der Waals surface area (Å²) < 4.78 is 5.87. The first-order chi connectivity index (χ1) is 14.3. The second-order valence-corrected chi connectivity index (χ2v) is 8.05. The minimum absolute atomic E-state index is 0.0179. The van der Waals surface area contributed by atoms with Crippen LogP contribution in [0.5, 0.6) is 0 Å². The molecule has 0 fully saturated rings. The maximum absolute atomic E-state index is 10.9. The molecule has 4 aromatic rings. The van der Waals surface area contributed by atoms with Crippen LogP contribution in [0.4, 0.5) is 0 Å². The van der Waals surface area contributed by atoms with Crippen LogP contribution in [0.15, 0.2) is 71.3 Å². The van der Waals surface area contributed by atoms with E-state index in [1.807, 2.05) is 36.4 Å². The highest BCUT2D eigenvalue weighted by Gasteiger charge is 2.15. The Bertz CT molecular complexity index is 1170. The van der Waals surface area contributed by atoms with Gasteiger partial charge in [-0.15, -0.1) is 10.2 Å². The monoisotopic (exact) mass is 399 g/mol. The van der Waals surface area contributed by atoms with Gasteiger partial charge in [-0.2, -0.15) is 0 Å². The van der Waals surface area contributed by atoms with E-state index in [0.29, 0.717) is 11.8 Å². The molecule has 0 amide bonds. The first kappa shape index (κ1) is 19.5. The highest BCUT2D eigenvalue weighted by molar-refractivity contribution is 5.85. The van der Waals surface area contributed by atoms with Crippen LogP contribution >= 0.6 is 0 Å². The number of carbonyl (C=O) groups is 1. The van der Waals surface area contributed by atoms with E-state index in [4.69, 9.17) is 9.52 Å². The van der Waals surface area contributed by atoms with E-state index in [9.17, 15) is 4.79 Å². The predicted molar refractivity (Wildman–Crippen MR) is 114 cm³/mol. The van der Waals surface area contributed by atoms with Crippen molar-refractivity contribution in [2.75, 3.05) is 0 Å². The van der Waals surface area contributed by atoms with Crippen molar-refractivity contribution >= 4 is 5.97 Å². The highest BCUT2D eigenvalue weighted by Crippen LogP contribution is 2.28. The molecule has 2 aromatic heterocycles. The Labute approximate surface area is 174 Å². The topological polar surface area (TPSA) is 89.1 Å². The Morgan fingerprint density at radius 1 is 0.767 bits per heavy atom. The second-order valence-electron chi connectivity index (χ2n) is 8.05. The van der Waals surface area contributed by atoms with Gasteiger partial charge in [0.2, 0.25) is 11.8 Å². The maximum Gasteiger partial charge on any atom is 0.354 e. The van der Waals surface area contributed by atoms with E-state index in [1.54, 1.807) is 12.3 Å². The molecule has 4 rings (SSSR count). The number of pyridine rings is 1. The summed E-state index contributed by atoms with van der Waals surface area (Å²) in [5.74, 6) is -0.129. The summed E-state index contributed by atoms with van der Waals surface area (Å²) in [5.41, 5.74) is 4.78. The third-order valence-corrected chi connectivity index (χ3v) is 4.87. The van der Waals surface area contributed by atoms with Crippen LogP contribution in [0.1, 0.15) is 36.8 Å². The van der Waals surface area contributed by atoms with Gasteiger partial charge in [0.05, 0.1) is 0 Å². The van der Waals surface area contributed by atoms with E-state index in [0.717, 1.165) is 22.3 Å².